The van der Waals surface area contributed by atoms with Crippen LogP contribution in [0.5, 0.6) is 0 Å². The summed E-state index contributed by atoms with van der Waals surface area (Å²) < 4.78 is 1.51. The molecule has 2 aromatic carbocycles. The molecule has 0 saturated carbocycles. The third-order valence-electron chi connectivity index (χ3n) is 2.82. The Hall–Kier alpha value is -1.82. The van der Waals surface area contributed by atoms with E-state index >= 15 is 0 Å². The number of nitrogens with zero attached hydrogens (tertiary/aromatic N) is 4. The van der Waals surface area contributed by atoms with E-state index in [1.165, 1.54) is 4.68 Å². The third-order valence-corrected chi connectivity index (χ3v) is 3.49. The average molecular weight is 341 g/mol. The highest BCUT2D eigenvalue weighted by molar-refractivity contribution is 6.34. The van der Waals surface area contributed by atoms with Crippen molar-refractivity contribution in [3.8, 4) is 17.1 Å². The van der Waals surface area contributed by atoms with E-state index in [0.717, 1.165) is 0 Å². The van der Waals surface area contributed by atoms with E-state index in [2.05, 4.69) is 15.5 Å². The molecule has 0 radical (unpaired) electrons. The fourth-order valence-electron chi connectivity index (χ4n) is 1.93. The number of nitrogen functional groups attached to an aromatic ring is 1. The molecule has 3 rings (SSSR count). The average Bonchev–Trinajstić information content (AvgIpc) is 2.86. The summed E-state index contributed by atoms with van der Waals surface area (Å²) in [5.74, 6) is 0.475. The predicted octanol–water partition coefficient (Wildman–Crippen LogP) is 3.87. The summed E-state index contributed by atoms with van der Waals surface area (Å²) in [7, 11) is 0. The zero-order valence-corrected chi connectivity index (χ0v) is 12.7. The Bertz CT molecular complexity index is 795. The van der Waals surface area contributed by atoms with Crippen LogP contribution >= 0.6 is 34.8 Å². The molecule has 0 aliphatic rings. The molecule has 8 heteroatoms. The summed E-state index contributed by atoms with van der Waals surface area (Å²) >= 11 is 17.9. The number of tetrazole rings is 1. The Labute approximate surface area is 135 Å². The number of halogens is 3. The van der Waals surface area contributed by atoms with Crippen LogP contribution in [0.4, 0.5) is 5.69 Å². The molecular weight excluding hydrogens is 333 g/mol. The zero-order chi connectivity index (χ0) is 15.0. The monoisotopic (exact) mass is 339 g/mol. The van der Waals surface area contributed by atoms with Crippen molar-refractivity contribution in [1.82, 2.24) is 20.2 Å². The molecular formula is C13H8Cl3N5. The van der Waals surface area contributed by atoms with Crippen molar-refractivity contribution in [2.24, 2.45) is 0 Å². The van der Waals surface area contributed by atoms with Crippen LogP contribution in [0.1, 0.15) is 0 Å². The van der Waals surface area contributed by atoms with Gasteiger partial charge in [-0.25, -0.2) is 0 Å². The van der Waals surface area contributed by atoms with Crippen LogP contribution in [-0.4, -0.2) is 20.2 Å². The normalized spacial score (nSPS) is 10.8. The Morgan fingerprint density at radius 1 is 0.905 bits per heavy atom. The fourth-order valence-corrected chi connectivity index (χ4v) is 2.62. The van der Waals surface area contributed by atoms with E-state index in [4.69, 9.17) is 40.5 Å². The summed E-state index contributed by atoms with van der Waals surface area (Å²) in [4.78, 5) is 0. The topological polar surface area (TPSA) is 69.6 Å². The smallest absolute Gasteiger partial charge is 0.189 e. The van der Waals surface area contributed by atoms with Crippen LogP contribution in [0.15, 0.2) is 36.4 Å². The lowest BCUT2D eigenvalue weighted by molar-refractivity contribution is 0.791. The quantitative estimate of drug-likeness (QED) is 0.719. The van der Waals surface area contributed by atoms with Crippen molar-refractivity contribution in [3.63, 3.8) is 0 Å². The first-order valence-electron chi connectivity index (χ1n) is 5.85. The molecule has 0 aliphatic heterocycles. The van der Waals surface area contributed by atoms with E-state index in [1.807, 2.05) is 0 Å². The van der Waals surface area contributed by atoms with E-state index in [1.54, 1.807) is 36.4 Å². The SMILES string of the molecule is Nc1cc(Cl)ccc1-c1nnnn1-c1cc(Cl)cc(Cl)c1. The molecule has 0 amide bonds. The van der Waals surface area contributed by atoms with Gasteiger partial charge in [0.1, 0.15) is 0 Å². The molecule has 0 fully saturated rings. The zero-order valence-electron chi connectivity index (χ0n) is 10.5. The van der Waals surface area contributed by atoms with Crippen molar-refractivity contribution in [1.29, 1.82) is 0 Å². The lowest BCUT2D eigenvalue weighted by Gasteiger charge is -2.08. The minimum atomic E-state index is 0.475. The molecule has 0 unspecified atom stereocenters. The minimum Gasteiger partial charge on any atom is -0.398 e. The first kappa shape index (κ1) is 14.1. The molecule has 3 aromatic rings. The van der Waals surface area contributed by atoms with Crippen LogP contribution in [0.3, 0.4) is 0 Å². The first-order chi connectivity index (χ1) is 10.0. The molecule has 1 heterocycles. The molecule has 0 saturated heterocycles. The Morgan fingerprint density at radius 3 is 2.29 bits per heavy atom. The lowest BCUT2D eigenvalue weighted by Crippen LogP contribution is -2.01. The van der Waals surface area contributed by atoms with Gasteiger partial charge in [-0.1, -0.05) is 34.8 Å². The maximum Gasteiger partial charge on any atom is 0.189 e. The molecule has 2 N–H and O–H groups in total. The van der Waals surface area contributed by atoms with Crippen molar-refractivity contribution >= 4 is 40.5 Å². The maximum atomic E-state index is 6.01. The van der Waals surface area contributed by atoms with E-state index in [9.17, 15) is 0 Å². The van der Waals surface area contributed by atoms with Crippen LogP contribution in [-0.2, 0) is 0 Å². The highest BCUT2D eigenvalue weighted by atomic mass is 35.5. The van der Waals surface area contributed by atoms with Gasteiger partial charge in [0.15, 0.2) is 5.82 Å². The van der Waals surface area contributed by atoms with Gasteiger partial charge in [0.05, 0.1) is 5.69 Å². The van der Waals surface area contributed by atoms with Gasteiger partial charge in [-0.05, 0) is 46.8 Å². The lowest BCUT2D eigenvalue weighted by atomic mass is 10.1. The number of hydrogen-bond donors (Lipinski definition) is 1. The summed E-state index contributed by atoms with van der Waals surface area (Å²) in [6.45, 7) is 0. The van der Waals surface area contributed by atoms with Crippen LogP contribution < -0.4 is 5.73 Å². The highest BCUT2D eigenvalue weighted by Gasteiger charge is 2.14. The third kappa shape index (κ3) is 2.81. The standard InChI is InChI=1S/C13H8Cl3N5/c14-7-1-2-11(12(17)6-7)13-18-19-20-21(13)10-4-8(15)3-9(16)5-10/h1-6H,17H2. The maximum absolute atomic E-state index is 6.01. The van der Waals surface area contributed by atoms with Gasteiger partial charge in [0.2, 0.25) is 0 Å². The molecule has 0 atom stereocenters. The Morgan fingerprint density at radius 2 is 1.62 bits per heavy atom. The van der Waals surface area contributed by atoms with Gasteiger partial charge in [-0.2, -0.15) is 4.68 Å². The predicted molar refractivity (Wildman–Crippen MR) is 84.0 cm³/mol. The number of rotatable bonds is 2. The van der Waals surface area contributed by atoms with Crippen molar-refractivity contribution in [3.05, 3.63) is 51.5 Å². The van der Waals surface area contributed by atoms with Gasteiger partial charge in [-0.3, -0.25) is 0 Å². The summed E-state index contributed by atoms with van der Waals surface area (Å²) in [5.41, 5.74) is 7.76. The molecule has 21 heavy (non-hydrogen) atoms. The Balaban J connectivity index is 2.17. The van der Waals surface area contributed by atoms with Gasteiger partial charge in [0.25, 0.3) is 0 Å². The summed E-state index contributed by atoms with van der Waals surface area (Å²) in [6.07, 6.45) is 0. The van der Waals surface area contributed by atoms with Crippen LogP contribution in [0.2, 0.25) is 15.1 Å². The molecule has 0 spiro atoms. The Kier molecular flexibility index (Phi) is 3.71. The van der Waals surface area contributed by atoms with Crippen LogP contribution in [0, 0.1) is 0 Å². The van der Waals surface area contributed by atoms with Crippen LogP contribution in [0.25, 0.3) is 17.1 Å². The van der Waals surface area contributed by atoms with Gasteiger partial charge < -0.3 is 5.73 Å². The number of nitrogens with two attached hydrogens (primary N) is 1. The number of aromatic nitrogens is 4. The fraction of sp³-hybridized carbons (Fsp3) is 0. The van der Waals surface area contributed by atoms with Crippen molar-refractivity contribution in [2.75, 3.05) is 5.73 Å². The van der Waals surface area contributed by atoms with E-state index in [-0.39, 0.29) is 0 Å². The second kappa shape index (κ2) is 5.52. The molecule has 1 aromatic heterocycles. The second-order valence-electron chi connectivity index (χ2n) is 4.27. The van der Waals surface area contributed by atoms with Gasteiger partial charge >= 0.3 is 0 Å². The second-order valence-corrected chi connectivity index (χ2v) is 5.58. The molecule has 0 aliphatic carbocycles. The highest BCUT2D eigenvalue weighted by Crippen LogP contribution is 2.29. The van der Waals surface area contributed by atoms with Gasteiger partial charge in [-0.15, -0.1) is 5.10 Å². The van der Waals surface area contributed by atoms with E-state index < -0.39 is 0 Å². The molecule has 0 bridgehead atoms. The molecule has 5 nitrogen and oxygen atoms in total. The first-order valence-corrected chi connectivity index (χ1v) is 6.98. The number of anilines is 1. The minimum absolute atomic E-state index is 0.475. The number of hydrogen-bond acceptors (Lipinski definition) is 4. The summed E-state index contributed by atoms with van der Waals surface area (Å²) in [5, 5.41) is 13.2. The van der Waals surface area contributed by atoms with Crippen molar-refractivity contribution in [2.45, 2.75) is 0 Å². The summed E-state index contributed by atoms with van der Waals surface area (Å²) in [6, 6.07) is 10.2. The molecule has 106 valence electrons. The largest absolute Gasteiger partial charge is 0.398 e. The van der Waals surface area contributed by atoms with Gasteiger partial charge in [0, 0.05) is 26.3 Å². The number of benzene rings is 2. The van der Waals surface area contributed by atoms with E-state index in [0.29, 0.717) is 37.8 Å². The van der Waals surface area contributed by atoms with Crippen molar-refractivity contribution < 1.29 is 0 Å².